The highest BCUT2D eigenvalue weighted by atomic mass is 79.9. The van der Waals surface area contributed by atoms with E-state index in [2.05, 4.69) is 15.9 Å². The van der Waals surface area contributed by atoms with Crippen LogP contribution in [-0.4, -0.2) is 20.0 Å². The summed E-state index contributed by atoms with van der Waals surface area (Å²) in [6.45, 7) is 1.77. The molecule has 2 aromatic heterocycles. The summed E-state index contributed by atoms with van der Waals surface area (Å²) in [5.41, 5.74) is 2.62. The molecule has 0 bridgehead atoms. The van der Waals surface area contributed by atoms with Crippen LogP contribution in [-0.2, 0) is 4.79 Å². The molecule has 0 aliphatic carbocycles. The molecule has 3 aromatic carbocycles. The molecule has 2 heterocycles. The monoisotopic (exact) mass is 520 g/mol. The second-order valence-electron chi connectivity index (χ2n) is 7.43. The molecule has 0 atom stereocenters. The molecular formula is C25H18BrClN4O2. The van der Waals surface area contributed by atoms with E-state index in [1.54, 1.807) is 31.2 Å². The number of amides is 1. The topological polar surface area (TPSA) is 59.6 Å². The lowest BCUT2D eigenvalue weighted by Crippen LogP contribution is -2.45. The molecule has 33 heavy (non-hydrogen) atoms. The molecule has 0 saturated carbocycles. The Morgan fingerprint density at radius 3 is 2.48 bits per heavy atom. The van der Waals surface area contributed by atoms with E-state index in [0.717, 1.165) is 10.9 Å². The second-order valence-corrected chi connectivity index (χ2v) is 8.61. The lowest BCUT2D eigenvalue weighted by Gasteiger charge is -2.26. The Hall–Kier alpha value is -3.42. The Labute approximate surface area is 202 Å². The van der Waals surface area contributed by atoms with Gasteiger partial charge in [-0.2, -0.15) is 4.68 Å². The highest BCUT2D eigenvalue weighted by Gasteiger charge is 2.25. The van der Waals surface area contributed by atoms with Gasteiger partial charge in [0.05, 0.1) is 11.2 Å². The number of carbonyl (C=O) groups excluding carboxylic acids is 1. The largest absolute Gasteiger partial charge is 0.354 e. The number of nitrogens with zero attached hydrogens (tertiary/aromatic N) is 4. The van der Waals surface area contributed by atoms with Gasteiger partial charge < -0.3 is 0 Å². The summed E-state index contributed by atoms with van der Waals surface area (Å²) in [6.07, 6.45) is 0.229. The van der Waals surface area contributed by atoms with Gasteiger partial charge in [0.1, 0.15) is 10.3 Å². The third-order valence-electron chi connectivity index (χ3n) is 5.40. The van der Waals surface area contributed by atoms with Crippen molar-refractivity contribution >= 4 is 55.7 Å². The summed E-state index contributed by atoms with van der Waals surface area (Å²) in [6, 6.07) is 23.9. The van der Waals surface area contributed by atoms with Crippen LogP contribution < -0.4 is 10.7 Å². The highest BCUT2D eigenvalue weighted by molar-refractivity contribution is 9.10. The molecule has 6 nitrogen and oxygen atoms in total. The fourth-order valence-corrected chi connectivity index (χ4v) is 4.73. The molecule has 0 N–H and O–H groups in total. The van der Waals surface area contributed by atoms with Crippen LogP contribution in [0.15, 0.2) is 88.3 Å². The molecule has 0 unspecified atom stereocenters. The minimum absolute atomic E-state index is 0.209. The van der Waals surface area contributed by atoms with Crippen molar-refractivity contribution in [3.8, 4) is 11.3 Å². The molecule has 0 fully saturated rings. The molecule has 0 saturated heterocycles. The number of halogens is 2. The number of imidazole rings is 1. The maximum atomic E-state index is 13.9. The number of carbonyl (C=O) groups is 1. The number of rotatable bonds is 4. The van der Waals surface area contributed by atoms with E-state index >= 15 is 0 Å². The molecule has 1 amide bonds. The van der Waals surface area contributed by atoms with E-state index in [4.69, 9.17) is 16.6 Å². The van der Waals surface area contributed by atoms with Gasteiger partial charge in [0, 0.05) is 22.4 Å². The van der Waals surface area contributed by atoms with E-state index in [1.807, 2.05) is 54.6 Å². The summed E-state index contributed by atoms with van der Waals surface area (Å²) in [4.78, 5) is 31.8. The number of para-hydroxylation sites is 2. The summed E-state index contributed by atoms with van der Waals surface area (Å²) >= 11 is 9.78. The van der Waals surface area contributed by atoms with Crippen molar-refractivity contribution in [1.82, 2.24) is 14.1 Å². The zero-order valence-electron chi connectivity index (χ0n) is 17.6. The average molecular weight is 522 g/mol. The predicted octanol–water partition coefficient (Wildman–Crippen LogP) is 5.94. The second kappa shape index (κ2) is 8.50. The van der Waals surface area contributed by atoms with Crippen LogP contribution in [0.5, 0.6) is 0 Å². The van der Waals surface area contributed by atoms with E-state index in [0.29, 0.717) is 32.2 Å². The van der Waals surface area contributed by atoms with E-state index in [-0.39, 0.29) is 12.3 Å². The Morgan fingerprint density at radius 2 is 1.76 bits per heavy atom. The van der Waals surface area contributed by atoms with Crippen molar-refractivity contribution in [1.29, 1.82) is 0 Å². The Kier molecular flexibility index (Phi) is 5.52. The fourth-order valence-electron chi connectivity index (χ4n) is 3.90. The van der Waals surface area contributed by atoms with Gasteiger partial charge in [-0.3, -0.25) is 4.79 Å². The van der Waals surface area contributed by atoms with E-state index < -0.39 is 5.69 Å². The number of benzene rings is 3. The Balaban J connectivity index is 1.90. The Morgan fingerprint density at radius 1 is 1.03 bits per heavy atom. The number of aromatic nitrogens is 3. The zero-order chi connectivity index (χ0) is 23.1. The van der Waals surface area contributed by atoms with Crippen LogP contribution in [0.1, 0.15) is 13.3 Å². The van der Waals surface area contributed by atoms with Crippen molar-refractivity contribution in [3.63, 3.8) is 0 Å². The number of hydrogen-bond donors (Lipinski definition) is 0. The summed E-state index contributed by atoms with van der Waals surface area (Å²) in [7, 11) is 0. The molecule has 0 spiro atoms. The standard InChI is InChI=1S/C25H18BrClN4O2/c1-2-21(32)30(18-11-4-3-5-12-18)31-20-14-7-6-13-19(20)24-28-22(23(26)29(24)25(31)33)16-9-8-10-17(27)15-16/h3-15H,2H2,1H3. The molecule has 8 heteroatoms. The van der Waals surface area contributed by atoms with Crippen LogP contribution in [0.25, 0.3) is 27.8 Å². The number of hydrogen-bond acceptors (Lipinski definition) is 3. The lowest BCUT2D eigenvalue weighted by molar-refractivity contribution is -0.118. The van der Waals surface area contributed by atoms with Gasteiger partial charge >= 0.3 is 5.69 Å². The highest BCUT2D eigenvalue weighted by Crippen LogP contribution is 2.32. The minimum Gasteiger partial charge on any atom is -0.273 e. The summed E-state index contributed by atoms with van der Waals surface area (Å²) in [5.74, 6) is -0.209. The third kappa shape index (κ3) is 3.53. The molecule has 5 aromatic rings. The average Bonchev–Trinajstić information content (AvgIpc) is 3.19. The molecule has 0 radical (unpaired) electrons. The zero-order valence-corrected chi connectivity index (χ0v) is 19.9. The van der Waals surface area contributed by atoms with Crippen LogP contribution in [0.4, 0.5) is 5.69 Å². The van der Waals surface area contributed by atoms with Gasteiger partial charge in [-0.05, 0) is 52.3 Å². The predicted molar refractivity (Wildman–Crippen MR) is 135 cm³/mol. The first-order valence-corrected chi connectivity index (χ1v) is 11.5. The van der Waals surface area contributed by atoms with Crippen LogP contribution in [0.2, 0.25) is 5.02 Å². The first-order valence-electron chi connectivity index (χ1n) is 10.4. The normalized spacial score (nSPS) is 11.2. The fraction of sp³-hybridized carbons (Fsp3) is 0.0800. The number of anilines is 1. The minimum atomic E-state index is -0.415. The Bertz CT molecular complexity index is 1580. The summed E-state index contributed by atoms with van der Waals surface area (Å²) < 4.78 is 3.39. The van der Waals surface area contributed by atoms with Gasteiger partial charge in [0.2, 0.25) is 5.91 Å². The van der Waals surface area contributed by atoms with Crippen molar-refractivity contribution < 1.29 is 4.79 Å². The van der Waals surface area contributed by atoms with E-state index in [1.165, 1.54) is 14.1 Å². The van der Waals surface area contributed by atoms with Gasteiger partial charge in [-0.25, -0.2) is 19.2 Å². The maximum absolute atomic E-state index is 13.9. The quantitative estimate of drug-likeness (QED) is 0.294. The first kappa shape index (κ1) is 21.4. The molecule has 164 valence electrons. The van der Waals surface area contributed by atoms with Gasteiger partial charge in [-0.1, -0.05) is 61.0 Å². The van der Waals surface area contributed by atoms with Crippen molar-refractivity contribution in [2.24, 2.45) is 0 Å². The number of fused-ring (bicyclic) bond motifs is 3. The molecule has 0 aliphatic heterocycles. The van der Waals surface area contributed by atoms with Crippen molar-refractivity contribution in [2.75, 3.05) is 5.01 Å². The third-order valence-corrected chi connectivity index (χ3v) is 6.37. The van der Waals surface area contributed by atoms with Crippen molar-refractivity contribution in [2.45, 2.75) is 13.3 Å². The van der Waals surface area contributed by atoms with Gasteiger partial charge in [0.25, 0.3) is 0 Å². The molecule has 0 aliphatic rings. The SMILES string of the molecule is CCC(=O)N(c1ccccc1)n1c(=O)n2c(Br)c(-c3cccc(Cl)c3)nc2c2ccccc21. The van der Waals surface area contributed by atoms with E-state index in [9.17, 15) is 9.59 Å². The van der Waals surface area contributed by atoms with Crippen LogP contribution in [0.3, 0.4) is 0 Å². The molecule has 5 rings (SSSR count). The smallest absolute Gasteiger partial charge is 0.273 e. The van der Waals surface area contributed by atoms with Crippen LogP contribution in [0, 0.1) is 0 Å². The molecular weight excluding hydrogens is 504 g/mol. The van der Waals surface area contributed by atoms with Gasteiger partial charge in [0.15, 0.2) is 5.65 Å². The lowest BCUT2D eigenvalue weighted by atomic mass is 10.2. The van der Waals surface area contributed by atoms with Crippen molar-refractivity contribution in [3.05, 3.63) is 99.0 Å². The maximum Gasteiger partial charge on any atom is 0.354 e. The summed E-state index contributed by atoms with van der Waals surface area (Å²) in [5, 5.41) is 2.73. The first-order chi connectivity index (χ1) is 16.0. The van der Waals surface area contributed by atoms with Crippen LogP contribution >= 0.6 is 27.5 Å². The van der Waals surface area contributed by atoms with Gasteiger partial charge in [-0.15, -0.1) is 0 Å².